The molecule has 39 heavy (non-hydrogen) atoms. The molecule has 1 saturated carbocycles. The van der Waals surface area contributed by atoms with Crippen molar-refractivity contribution in [2.24, 2.45) is 5.73 Å². The molecule has 2 aromatic carbocycles. The van der Waals surface area contributed by atoms with Crippen LogP contribution in [0.3, 0.4) is 0 Å². The van der Waals surface area contributed by atoms with E-state index >= 15 is 0 Å². The van der Waals surface area contributed by atoms with Crippen LogP contribution in [0.15, 0.2) is 48.5 Å². The third kappa shape index (κ3) is 7.81. The van der Waals surface area contributed by atoms with Gasteiger partial charge >= 0.3 is 0 Å². The molecule has 0 radical (unpaired) electrons. The van der Waals surface area contributed by atoms with Crippen molar-refractivity contribution in [1.29, 1.82) is 0 Å². The number of ether oxygens (including phenoxy) is 2. The Morgan fingerprint density at radius 2 is 1.79 bits per heavy atom. The zero-order chi connectivity index (χ0) is 27.8. The lowest BCUT2D eigenvalue weighted by atomic mass is 9.90. The van der Waals surface area contributed by atoms with Crippen molar-refractivity contribution < 1.29 is 19.1 Å². The van der Waals surface area contributed by atoms with E-state index < -0.39 is 6.04 Å². The Morgan fingerprint density at radius 1 is 1.05 bits per heavy atom. The first-order chi connectivity index (χ1) is 18.9. The number of likely N-dealkylation sites (tertiary alicyclic amines) is 1. The SMILES string of the molecule is COCCN(Cc1ccc(C)cc1)C1CCN(C(=O)c2cccc(OC)c2)[C@@H](C(=O)NC2CCC(N)CC2)C1. The molecule has 1 heterocycles. The van der Waals surface area contributed by atoms with Crippen molar-refractivity contribution in [2.75, 3.05) is 33.9 Å². The maximum atomic E-state index is 13.8. The molecule has 2 fully saturated rings. The molecule has 2 atom stereocenters. The number of rotatable bonds is 10. The van der Waals surface area contributed by atoms with E-state index in [0.29, 0.717) is 30.9 Å². The number of carbonyl (C=O) groups excluding carboxylic acids is 2. The zero-order valence-corrected chi connectivity index (χ0v) is 23.6. The van der Waals surface area contributed by atoms with Crippen molar-refractivity contribution in [3.05, 3.63) is 65.2 Å². The number of hydrogen-bond donors (Lipinski definition) is 2. The molecule has 1 unspecified atom stereocenters. The molecule has 2 amide bonds. The Kier molecular flexibility index (Phi) is 10.4. The van der Waals surface area contributed by atoms with Gasteiger partial charge in [0.1, 0.15) is 11.8 Å². The zero-order valence-electron chi connectivity index (χ0n) is 23.6. The van der Waals surface area contributed by atoms with E-state index in [1.807, 2.05) is 12.1 Å². The van der Waals surface area contributed by atoms with Crippen LogP contribution in [0.2, 0.25) is 0 Å². The Bertz CT molecular complexity index is 1080. The van der Waals surface area contributed by atoms with Crippen LogP contribution in [-0.2, 0) is 16.1 Å². The van der Waals surface area contributed by atoms with E-state index in [9.17, 15) is 9.59 Å². The lowest BCUT2D eigenvalue weighted by Crippen LogP contribution is -2.58. The van der Waals surface area contributed by atoms with E-state index in [4.69, 9.17) is 15.2 Å². The molecular weight excluding hydrogens is 492 g/mol. The predicted octanol–water partition coefficient (Wildman–Crippen LogP) is 3.51. The summed E-state index contributed by atoms with van der Waals surface area (Å²) in [6, 6.07) is 15.6. The molecule has 3 N–H and O–H groups in total. The van der Waals surface area contributed by atoms with E-state index in [-0.39, 0.29) is 29.9 Å². The molecule has 1 aliphatic heterocycles. The van der Waals surface area contributed by atoms with Gasteiger partial charge in [-0.2, -0.15) is 0 Å². The minimum absolute atomic E-state index is 0.0709. The van der Waals surface area contributed by atoms with Crippen LogP contribution in [0, 0.1) is 6.92 Å². The third-order valence-corrected chi connectivity index (χ3v) is 8.18. The van der Waals surface area contributed by atoms with Crippen LogP contribution in [0.1, 0.15) is 60.0 Å². The number of nitrogens with two attached hydrogens (primary N) is 1. The van der Waals surface area contributed by atoms with Gasteiger partial charge in [0.25, 0.3) is 5.91 Å². The summed E-state index contributed by atoms with van der Waals surface area (Å²) >= 11 is 0. The molecule has 2 aliphatic rings. The van der Waals surface area contributed by atoms with E-state index in [1.165, 1.54) is 11.1 Å². The largest absolute Gasteiger partial charge is 0.497 e. The van der Waals surface area contributed by atoms with E-state index in [2.05, 4.69) is 41.4 Å². The maximum absolute atomic E-state index is 13.8. The van der Waals surface area contributed by atoms with Gasteiger partial charge in [-0.25, -0.2) is 0 Å². The van der Waals surface area contributed by atoms with Crippen molar-refractivity contribution in [3.63, 3.8) is 0 Å². The maximum Gasteiger partial charge on any atom is 0.254 e. The van der Waals surface area contributed by atoms with Gasteiger partial charge in [0.2, 0.25) is 5.91 Å². The first-order valence-electron chi connectivity index (χ1n) is 14.2. The van der Waals surface area contributed by atoms with Gasteiger partial charge in [0, 0.05) is 50.4 Å². The second-order valence-corrected chi connectivity index (χ2v) is 11.0. The topological polar surface area (TPSA) is 97.1 Å². The lowest BCUT2D eigenvalue weighted by Gasteiger charge is -2.43. The number of nitrogens with zero attached hydrogens (tertiary/aromatic N) is 2. The number of benzene rings is 2. The lowest BCUT2D eigenvalue weighted by molar-refractivity contribution is -0.128. The number of amides is 2. The summed E-state index contributed by atoms with van der Waals surface area (Å²) in [5.74, 6) is 0.415. The fourth-order valence-electron chi connectivity index (χ4n) is 5.78. The quantitative estimate of drug-likeness (QED) is 0.482. The van der Waals surface area contributed by atoms with Gasteiger partial charge in [-0.15, -0.1) is 0 Å². The molecule has 0 spiro atoms. The highest BCUT2D eigenvalue weighted by molar-refractivity contribution is 5.98. The molecule has 1 aliphatic carbocycles. The number of carbonyl (C=O) groups is 2. The summed E-state index contributed by atoms with van der Waals surface area (Å²) in [5, 5.41) is 3.27. The Morgan fingerprint density at radius 3 is 2.49 bits per heavy atom. The van der Waals surface area contributed by atoms with E-state index in [1.54, 1.807) is 31.3 Å². The van der Waals surface area contributed by atoms with Gasteiger partial charge < -0.3 is 25.4 Å². The minimum atomic E-state index is -0.555. The minimum Gasteiger partial charge on any atom is -0.497 e. The highest BCUT2D eigenvalue weighted by Gasteiger charge is 2.39. The Labute approximate surface area is 232 Å². The first kappa shape index (κ1) is 29.1. The van der Waals surface area contributed by atoms with Gasteiger partial charge in [0.15, 0.2) is 0 Å². The van der Waals surface area contributed by atoms with Crippen LogP contribution in [0.25, 0.3) is 0 Å². The molecule has 1 saturated heterocycles. The molecule has 0 aromatic heterocycles. The van der Waals surface area contributed by atoms with Crippen LogP contribution >= 0.6 is 0 Å². The fourth-order valence-corrected chi connectivity index (χ4v) is 5.78. The molecule has 212 valence electrons. The van der Waals surface area contributed by atoms with E-state index in [0.717, 1.165) is 45.2 Å². The van der Waals surface area contributed by atoms with Crippen LogP contribution < -0.4 is 15.8 Å². The average Bonchev–Trinajstić information content (AvgIpc) is 2.96. The van der Waals surface area contributed by atoms with Crippen molar-refractivity contribution >= 4 is 11.8 Å². The van der Waals surface area contributed by atoms with Crippen LogP contribution in [0.4, 0.5) is 0 Å². The molecular formula is C31H44N4O4. The summed E-state index contributed by atoms with van der Waals surface area (Å²) in [6.45, 7) is 4.73. The number of nitrogens with one attached hydrogen (secondary N) is 1. The normalized spacial score (nSPS) is 23.5. The van der Waals surface area contributed by atoms with Gasteiger partial charge in [0.05, 0.1) is 13.7 Å². The number of aryl methyl sites for hydroxylation is 1. The first-order valence-corrected chi connectivity index (χ1v) is 14.2. The Balaban J connectivity index is 1.55. The van der Waals surface area contributed by atoms with Crippen molar-refractivity contribution in [3.8, 4) is 5.75 Å². The van der Waals surface area contributed by atoms with Crippen LogP contribution in [0.5, 0.6) is 5.75 Å². The smallest absolute Gasteiger partial charge is 0.254 e. The van der Waals surface area contributed by atoms with Gasteiger partial charge in [-0.3, -0.25) is 14.5 Å². The highest BCUT2D eigenvalue weighted by atomic mass is 16.5. The van der Waals surface area contributed by atoms with Crippen molar-refractivity contribution in [1.82, 2.24) is 15.1 Å². The summed E-state index contributed by atoms with van der Waals surface area (Å²) < 4.78 is 10.8. The predicted molar refractivity (Wildman–Crippen MR) is 153 cm³/mol. The van der Waals surface area contributed by atoms with Gasteiger partial charge in [-0.1, -0.05) is 35.9 Å². The number of piperidine rings is 1. The average molecular weight is 537 g/mol. The number of methoxy groups -OCH3 is 2. The summed E-state index contributed by atoms with van der Waals surface area (Å²) in [5.41, 5.74) is 9.08. The monoisotopic (exact) mass is 536 g/mol. The third-order valence-electron chi connectivity index (χ3n) is 8.18. The highest BCUT2D eigenvalue weighted by Crippen LogP contribution is 2.27. The molecule has 8 heteroatoms. The molecule has 0 bridgehead atoms. The summed E-state index contributed by atoms with van der Waals surface area (Å²) in [7, 11) is 3.30. The molecule has 8 nitrogen and oxygen atoms in total. The fraction of sp³-hybridized carbons (Fsp3) is 0.548. The second kappa shape index (κ2) is 13.9. The molecule has 2 aromatic rings. The molecule has 4 rings (SSSR count). The summed E-state index contributed by atoms with van der Waals surface area (Å²) in [4.78, 5) is 31.7. The van der Waals surface area contributed by atoms with Crippen molar-refractivity contribution in [2.45, 2.75) is 76.2 Å². The van der Waals surface area contributed by atoms with Crippen LogP contribution in [-0.4, -0.2) is 79.7 Å². The Hall–Kier alpha value is -2.94. The standard InChI is InChI=1S/C31H44N4O4/c1-22-7-9-23(10-8-22)21-34(17-18-38-2)27-15-16-35(31(37)24-5-4-6-28(19-24)39-3)29(20-27)30(36)33-26-13-11-25(32)12-14-26/h4-10,19,25-27,29H,11-18,20-21,32H2,1-3H3,(H,33,36)/t25?,26?,27?,29-/m1/s1. The second-order valence-electron chi connectivity index (χ2n) is 11.0. The summed E-state index contributed by atoms with van der Waals surface area (Å²) in [6.07, 6.45) is 4.93. The number of hydrogen-bond acceptors (Lipinski definition) is 6. The van der Waals surface area contributed by atoms with Gasteiger partial charge in [-0.05, 0) is 69.2 Å².